The van der Waals surface area contributed by atoms with Crippen molar-refractivity contribution in [1.29, 1.82) is 0 Å². The predicted octanol–water partition coefficient (Wildman–Crippen LogP) is 2.33. The van der Waals surface area contributed by atoms with Crippen molar-refractivity contribution >= 4 is 0 Å². The third-order valence-electron chi connectivity index (χ3n) is 3.24. The molecular weight excluding hydrogens is 174 g/mol. The Kier molecular flexibility index (Phi) is 3.82. The van der Waals surface area contributed by atoms with Gasteiger partial charge in [-0.05, 0) is 31.6 Å². The molecule has 0 bridgehead atoms. The first-order valence-electron chi connectivity index (χ1n) is 6.23. The van der Waals surface area contributed by atoms with Crippen molar-refractivity contribution in [2.75, 3.05) is 13.2 Å². The summed E-state index contributed by atoms with van der Waals surface area (Å²) in [6, 6.07) is 0.816. The van der Waals surface area contributed by atoms with Gasteiger partial charge in [-0.3, -0.25) is 0 Å². The van der Waals surface area contributed by atoms with Gasteiger partial charge in [0.05, 0.1) is 6.10 Å². The van der Waals surface area contributed by atoms with Crippen LogP contribution in [0.25, 0.3) is 0 Å². The highest BCUT2D eigenvalue weighted by Gasteiger charge is 2.23. The second-order valence-electron chi connectivity index (χ2n) is 4.82. The Balaban J connectivity index is 1.49. The first-order valence-corrected chi connectivity index (χ1v) is 6.23. The van der Waals surface area contributed by atoms with Crippen LogP contribution in [-0.2, 0) is 4.74 Å². The van der Waals surface area contributed by atoms with E-state index in [1.54, 1.807) is 0 Å². The molecule has 0 radical (unpaired) electrons. The van der Waals surface area contributed by atoms with Crippen molar-refractivity contribution in [2.24, 2.45) is 5.92 Å². The SMILES string of the molecule is CCC(CNC1CC1)OCCC1CC1. The second kappa shape index (κ2) is 5.13. The molecule has 1 N–H and O–H groups in total. The van der Waals surface area contributed by atoms with Crippen molar-refractivity contribution in [2.45, 2.75) is 57.6 Å². The number of nitrogens with one attached hydrogen (secondary N) is 1. The van der Waals surface area contributed by atoms with Crippen LogP contribution in [-0.4, -0.2) is 25.3 Å². The van der Waals surface area contributed by atoms with Crippen LogP contribution in [0.3, 0.4) is 0 Å². The molecule has 82 valence electrons. The summed E-state index contributed by atoms with van der Waals surface area (Å²) < 4.78 is 5.86. The van der Waals surface area contributed by atoms with E-state index in [1.807, 2.05) is 0 Å². The monoisotopic (exact) mass is 197 g/mol. The average Bonchev–Trinajstić information content (AvgIpc) is 3.01. The molecule has 0 aliphatic heterocycles. The van der Waals surface area contributed by atoms with Gasteiger partial charge < -0.3 is 10.1 Å². The molecule has 2 aliphatic rings. The van der Waals surface area contributed by atoms with Crippen LogP contribution in [0, 0.1) is 5.92 Å². The smallest absolute Gasteiger partial charge is 0.0696 e. The van der Waals surface area contributed by atoms with Crippen LogP contribution in [0.1, 0.15) is 45.4 Å². The van der Waals surface area contributed by atoms with E-state index in [4.69, 9.17) is 4.74 Å². The fourth-order valence-electron chi connectivity index (χ4n) is 1.71. The van der Waals surface area contributed by atoms with Crippen molar-refractivity contribution in [3.8, 4) is 0 Å². The van der Waals surface area contributed by atoms with E-state index < -0.39 is 0 Å². The minimum Gasteiger partial charge on any atom is -0.377 e. The fraction of sp³-hybridized carbons (Fsp3) is 1.00. The fourth-order valence-corrected chi connectivity index (χ4v) is 1.71. The maximum absolute atomic E-state index is 5.86. The number of ether oxygens (including phenoxy) is 1. The summed E-state index contributed by atoms with van der Waals surface area (Å²) in [7, 11) is 0. The quantitative estimate of drug-likeness (QED) is 0.645. The van der Waals surface area contributed by atoms with Crippen LogP contribution >= 0.6 is 0 Å². The zero-order chi connectivity index (χ0) is 9.80. The van der Waals surface area contributed by atoms with E-state index in [1.165, 1.54) is 32.1 Å². The minimum absolute atomic E-state index is 0.453. The van der Waals surface area contributed by atoms with E-state index in [0.717, 1.165) is 31.5 Å². The van der Waals surface area contributed by atoms with E-state index in [-0.39, 0.29) is 0 Å². The lowest BCUT2D eigenvalue weighted by molar-refractivity contribution is 0.0467. The van der Waals surface area contributed by atoms with E-state index >= 15 is 0 Å². The van der Waals surface area contributed by atoms with Gasteiger partial charge in [-0.1, -0.05) is 19.8 Å². The standard InChI is InChI=1S/C12H23NO/c1-2-12(9-13-11-5-6-11)14-8-7-10-3-4-10/h10-13H,2-9H2,1H3. The normalized spacial score (nSPS) is 23.8. The highest BCUT2D eigenvalue weighted by atomic mass is 16.5. The molecule has 2 saturated carbocycles. The third kappa shape index (κ3) is 3.97. The highest BCUT2D eigenvalue weighted by Crippen LogP contribution is 2.32. The molecule has 0 aromatic heterocycles. The molecule has 0 aromatic rings. The van der Waals surface area contributed by atoms with Crippen LogP contribution < -0.4 is 5.32 Å². The molecule has 2 rings (SSSR count). The summed E-state index contributed by atoms with van der Waals surface area (Å²) in [6.07, 6.45) is 8.52. The lowest BCUT2D eigenvalue weighted by Crippen LogP contribution is -2.30. The number of hydrogen-bond donors (Lipinski definition) is 1. The molecule has 2 heteroatoms. The van der Waals surface area contributed by atoms with Gasteiger partial charge >= 0.3 is 0 Å². The lowest BCUT2D eigenvalue weighted by atomic mass is 10.2. The van der Waals surface area contributed by atoms with Crippen LogP contribution in [0.4, 0.5) is 0 Å². The maximum Gasteiger partial charge on any atom is 0.0696 e. The molecule has 0 spiro atoms. The molecule has 0 heterocycles. The summed E-state index contributed by atoms with van der Waals surface area (Å²) in [6.45, 7) is 4.26. The molecule has 2 nitrogen and oxygen atoms in total. The lowest BCUT2D eigenvalue weighted by Gasteiger charge is -2.16. The van der Waals surface area contributed by atoms with Gasteiger partial charge in [0.15, 0.2) is 0 Å². The average molecular weight is 197 g/mol. The van der Waals surface area contributed by atoms with Crippen LogP contribution in [0.5, 0.6) is 0 Å². The molecule has 14 heavy (non-hydrogen) atoms. The van der Waals surface area contributed by atoms with Crippen LogP contribution in [0.2, 0.25) is 0 Å². The zero-order valence-corrected chi connectivity index (χ0v) is 9.30. The molecule has 0 aromatic carbocycles. The maximum atomic E-state index is 5.86. The van der Waals surface area contributed by atoms with Gasteiger partial charge in [0, 0.05) is 19.2 Å². The van der Waals surface area contributed by atoms with E-state index in [0.29, 0.717) is 6.10 Å². The minimum atomic E-state index is 0.453. The largest absolute Gasteiger partial charge is 0.377 e. The van der Waals surface area contributed by atoms with Gasteiger partial charge in [-0.15, -0.1) is 0 Å². The number of hydrogen-bond acceptors (Lipinski definition) is 2. The van der Waals surface area contributed by atoms with Crippen molar-refractivity contribution in [1.82, 2.24) is 5.32 Å². The summed E-state index contributed by atoms with van der Waals surface area (Å²) >= 11 is 0. The summed E-state index contributed by atoms with van der Waals surface area (Å²) in [5, 5.41) is 3.54. The van der Waals surface area contributed by atoms with Crippen molar-refractivity contribution < 1.29 is 4.74 Å². The summed E-state index contributed by atoms with van der Waals surface area (Å²) in [5.74, 6) is 1.00. The Morgan fingerprint density at radius 1 is 1.29 bits per heavy atom. The van der Waals surface area contributed by atoms with Crippen LogP contribution in [0.15, 0.2) is 0 Å². The molecule has 2 fully saturated rings. The Labute approximate surface area is 87.4 Å². The molecule has 0 saturated heterocycles. The molecule has 1 atom stereocenters. The Hall–Kier alpha value is -0.0800. The van der Waals surface area contributed by atoms with E-state index in [9.17, 15) is 0 Å². The number of rotatable bonds is 8. The van der Waals surface area contributed by atoms with Gasteiger partial charge in [0.25, 0.3) is 0 Å². The Bertz CT molecular complexity index is 164. The van der Waals surface area contributed by atoms with Gasteiger partial charge in [0.2, 0.25) is 0 Å². The Morgan fingerprint density at radius 2 is 2.07 bits per heavy atom. The van der Waals surface area contributed by atoms with Gasteiger partial charge in [-0.25, -0.2) is 0 Å². The molecule has 2 aliphatic carbocycles. The molecule has 1 unspecified atom stereocenters. The first kappa shape index (κ1) is 10.4. The Morgan fingerprint density at radius 3 is 2.64 bits per heavy atom. The predicted molar refractivity (Wildman–Crippen MR) is 58.4 cm³/mol. The summed E-state index contributed by atoms with van der Waals surface area (Å²) in [4.78, 5) is 0. The van der Waals surface area contributed by atoms with Gasteiger partial charge in [-0.2, -0.15) is 0 Å². The van der Waals surface area contributed by atoms with Crippen molar-refractivity contribution in [3.63, 3.8) is 0 Å². The second-order valence-corrected chi connectivity index (χ2v) is 4.82. The molecule has 0 amide bonds. The third-order valence-corrected chi connectivity index (χ3v) is 3.24. The van der Waals surface area contributed by atoms with Gasteiger partial charge in [0.1, 0.15) is 0 Å². The molecular formula is C12H23NO. The summed E-state index contributed by atoms with van der Waals surface area (Å²) in [5.41, 5.74) is 0. The van der Waals surface area contributed by atoms with E-state index in [2.05, 4.69) is 12.2 Å². The van der Waals surface area contributed by atoms with Crippen molar-refractivity contribution in [3.05, 3.63) is 0 Å². The first-order chi connectivity index (χ1) is 6.88. The highest BCUT2D eigenvalue weighted by molar-refractivity contribution is 4.82. The zero-order valence-electron chi connectivity index (χ0n) is 9.30. The topological polar surface area (TPSA) is 21.3 Å².